The van der Waals surface area contributed by atoms with E-state index in [9.17, 15) is 4.79 Å². The summed E-state index contributed by atoms with van der Waals surface area (Å²) in [5.74, 6) is 1.90. The van der Waals surface area contributed by atoms with E-state index < -0.39 is 0 Å². The number of carbonyl (C=O) groups is 1. The molecule has 7 heteroatoms. The van der Waals surface area contributed by atoms with Crippen molar-refractivity contribution in [2.24, 2.45) is 0 Å². The first-order chi connectivity index (χ1) is 16.9. The van der Waals surface area contributed by atoms with Gasteiger partial charge in [0.05, 0.1) is 19.4 Å². The number of benzene rings is 3. The molecule has 0 saturated carbocycles. The minimum atomic E-state index is -0.244. The second kappa shape index (κ2) is 10.6. The third kappa shape index (κ3) is 5.15. The number of anilines is 1. The molecule has 4 rings (SSSR count). The van der Waals surface area contributed by atoms with E-state index in [0.717, 1.165) is 22.4 Å². The fraction of sp³-hybridized carbons (Fsp3) is 0.214. The lowest BCUT2D eigenvalue weighted by molar-refractivity contribution is -0.113. The number of nitrogens with one attached hydrogen (secondary N) is 1. The van der Waals surface area contributed by atoms with Crippen molar-refractivity contribution in [1.82, 2.24) is 5.32 Å². The van der Waals surface area contributed by atoms with Gasteiger partial charge in [0.25, 0.3) is 5.91 Å². The third-order valence-electron chi connectivity index (χ3n) is 5.84. The average Bonchev–Trinajstić information content (AvgIpc) is 3.13. The number of nitrogens with zero attached hydrogens (tertiary/aromatic N) is 1. The van der Waals surface area contributed by atoms with Crippen LogP contribution in [0.15, 0.2) is 66.4 Å². The zero-order valence-electron chi connectivity index (χ0n) is 20.3. The van der Waals surface area contributed by atoms with Gasteiger partial charge in [-0.05, 0) is 86.1 Å². The number of aryl methyl sites for hydroxylation is 1. The molecular formula is C28H28N2O4S. The van der Waals surface area contributed by atoms with E-state index in [-0.39, 0.29) is 5.91 Å². The monoisotopic (exact) mass is 488 g/mol. The quantitative estimate of drug-likeness (QED) is 0.331. The topological polar surface area (TPSA) is 60.0 Å². The first kappa shape index (κ1) is 24.3. The van der Waals surface area contributed by atoms with Gasteiger partial charge < -0.3 is 19.5 Å². The summed E-state index contributed by atoms with van der Waals surface area (Å²) in [5.41, 5.74) is 4.96. The molecule has 1 fully saturated rings. The van der Waals surface area contributed by atoms with Gasteiger partial charge in [0.1, 0.15) is 29.6 Å². The van der Waals surface area contributed by atoms with E-state index >= 15 is 0 Å². The Morgan fingerprint density at radius 3 is 2.51 bits per heavy atom. The Hall–Kier alpha value is -3.84. The minimum absolute atomic E-state index is 0.244. The van der Waals surface area contributed by atoms with Gasteiger partial charge in [-0.1, -0.05) is 30.3 Å². The first-order valence-corrected chi connectivity index (χ1v) is 11.8. The predicted octanol–water partition coefficient (Wildman–Crippen LogP) is 5.55. The number of para-hydroxylation sites is 2. The average molecular weight is 489 g/mol. The summed E-state index contributed by atoms with van der Waals surface area (Å²) >= 11 is 5.48. The molecule has 0 bridgehead atoms. The second-order valence-electron chi connectivity index (χ2n) is 8.09. The fourth-order valence-electron chi connectivity index (χ4n) is 3.88. The van der Waals surface area contributed by atoms with Crippen LogP contribution in [0.2, 0.25) is 0 Å². The zero-order valence-corrected chi connectivity index (χ0v) is 21.1. The third-order valence-corrected chi connectivity index (χ3v) is 6.12. The van der Waals surface area contributed by atoms with E-state index in [1.54, 1.807) is 13.2 Å². The SMILES string of the molecule is CCOc1ccccc1N1C(=O)/C(=C\c2ccc(OC)c(COc3cccc(C)c3C)c2)NC1=S. The second-order valence-corrected chi connectivity index (χ2v) is 8.47. The lowest BCUT2D eigenvalue weighted by Crippen LogP contribution is -2.30. The fourth-order valence-corrected chi connectivity index (χ4v) is 4.17. The molecule has 0 atom stereocenters. The highest BCUT2D eigenvalue weighted by Crippen LogP contribution is 2.32. The number of amides is 1. The number of hydrogen-bond acceptors (Lipinski definition) is 5. The molecule has 3 aromatic rings. The first-order valence-electron chi connectivity index (χ1n) is 11.4. The molecule has 0 aromatic heterocycles. The van der Waals surface area contributed by atoms with Crippen molar-refractivity contribution in [2.75, 3.05) is 18.6 Å². The molecule has 3 aromatic carbocycles. The van der Waals surface area contributed by atoms with Crippen molar-refractivity contribution in [2.45, 2.75) is 27.4 Å². The molecule has 0 radical (unpaired) electrons. The van der Waals surface area contributed by atoms with Gasteiger partial charge >= 0.3 is 0 Å². The smallest absolute Gasteiger partial charge is 0.281 e. The van der Waals surface area contributed by atoms with E-state index in [1.807, 2.05) is 68.4 Å². The summed E-state index contributed by atoms with van der Waals surface area (Å²) in [7, 11) is 1.63. The standard InChI is InChI=1S/C28H28N2O4S/c1-5-33-26-11-7-6-10-23(26)30-27(31)22(29-28(30)35)16-20-13-14-25(32-4)21(15-20)17-34-24-12-8-9-18(2)19(24)3/h6-16H,5,17H2,1-4H3,(H,29,35)/b22-16+. The van der Waals surface area contributed by atoms with Crippen molar-refractivity contribution in [1.29, 1.82) is 0 Å². The largest absolute Gasteiger partial charge is 0.496 e. The Morgan fingerprint density at radius 2 is 1.74 bits per heavy atom. The highest BCUT2D eigenvalue weighted by Gasteiger charge is 2.33. The molecule has 1 aliphatic rings. The molecule has 35 heavy (non-hydrogen) atoms. The van der Waals surface area contributed by atoms with Crippen LogP contribution in [0, 0.1) is 13.8 Å². The maximum absolute atomic E-state index is 13.3. The molecule has 0 spiro atoms. The molecule has 6 nitrogen and oxygen atoms in total. The van der Waals surface area contributed by atoms with Crippen LogP contribution in [-0.2, 0) is 11.4 Å². The van der Waals surface area contributed by atoms with Crippen molar-refractivity contribution in [3.8, 4) is 17.2 Å². The Balaban J connectivity index is 1.59. The maximum Gasteiger partial charge on any atom is 0.281 e. The van der Waals surface area contributed by atoms with Gasteiger partial charge in [0.15, 0.2) is 5.11 Å². The zero-order chi connectivity index (χ0) is 24.9. The molecular weight excluding hydrogens is 460 g/mol. The maximum atomic E-state index is 13.3. The molecule has 1 aliphatic heterocycles. The number of methoxy groups -OCH3 is 1. The summed E-state index contributed by atoms with van der Waals surface area (Å²) < 4.78 is 17.3. The summed E-state index contributed by atoms with van der Waals surface area (Å²) in [4.78, 5) is 14.7. The van der Waals surface area contributed by atoms with E-state index in [1.165, 1.54) is 10.5 Å². The Kier molecular flexibility index (Phi) is 7.36. The molecule has 0 aliphatic carbocycles. The Bertz CT molecular complexity index is 1300. The number of rotatable bonds is 8. The van der Waals surface area contributed by atoms with Crippen molar-refractivity contribution in [3.63, 3.8) is 0 Å². The molecule has 0 unspecified atom stereocenters. The van der Waals surface area contributed by atoms with Crippen molar-refractivity contribution in [3.05, 3.63) is 88.6 Å². The van der Waals surface area contributed by atoms with Crippen LogP contribution in [0.5, 0.6) is 17.2 Å². The van der Waals surface area contributed by atoms with Crippen LogP contribution >= 0.6 is 12.2 Å². The summed E-state index contributed by atoms with van der Waals surface area (Å²) in [6.07, 6.45) is 1.78. The van der Waals surface area contributed by atoms with Crippen LogP contribution < -0.4 is 24.4 Å². The lowest BCUT2D eigenvalue weighted by atomic mass is 10.1. The molecule has 1 saturated heterocycles. The van der Waals surface area contributed by atoms with Gasteiger partial charge in [-0.25, -0.2) is 4.90 Å². The van der Waals surface area contributed by atoms with Crippen molar-refractivity contribution >= 4 is 35.0 Å². The molecule has 1 heterocycles. The predicted molar refractivity (Wildman–Crippen MR) is 142 cm³/mol. The minimum Gasteiger partial charge on any atom is -0.496 e. The molecule has 1 N–H and O–H groups in total. The number of carbonyl (C=O) groups excluding carboxylic acids is 1. The van der Waals surface area contributed by atoms with Crippen LogP contribution in [-0.4, -0.2) is 24.7 Å². The van der Waals surface area contributed by atoms with Crippen LogP contribution in [0.4, 0.5) is 5.69 Å². The van der Waals surface area contributed by atoms with E-state index in [0.29, 0.717) is 41.2 Å². The molecule has 180 valence electrons. The molecule has 1 amide bonds. The van der Waals surface area contributed by atoms with Crippen LogP contribution in [0.1, 0.15) is 29.2 Å². The van der Waals surface area contributed by atoms with Gasteiger partial charge in [0, 0.05) is 5.56 Å². The Labute approximate surface area is 211 Å². The summed E-state index contributed by atoms with van der Waals surface area (Å²) in [6.45, 7) is 6.81. The van der Waals surface area contributed by atoms with Crippen molar-refractivity contribution < 1.29 is 19.0 Å². The Morgan fingerprint density at radius 1 is 0.971 bits per heavy atom. The van der Waals surface area contributed by atoms with E-state index in [4.69, 9.17) is 26.4 Å². The number of thiocarbonyl (C=S) groups is 1. The van der Waals surface area contributed by atoms with Crippen LogP contribution in [0.25, 0.3) is 6.08 Å². The van der Waals surface area contributed by atoms with Gasteiger partial charge in [-0.2, -0.15) is 0 Å². The summed E-state index contributed by atoms with van der Waals surface area (Å²) in [5, 5.41) is 3.35. The van der Waals surface area contributed by atoms with Gasteiger partial charge in [0.2, 0.25) is 0 Å². The normalized spacial score (nSPS) is 14.3. The van der Waals surface area contributed by atoms with Gasteiger partial charge in [-0.15, -0.1) is 0 Å². The lowest BCUT2D eigenvalue weighted by Gasteiger charge is -2.18. The number of ether oxygens (including phenoxy) is 3. The van der Waals surface area contributed by atoms with Gasteiger partial charge in [-0.3, -0.25) is 4.79 Å². The number of hydrogen-bond donors (Lipinski definition) is 1. The highest BCUT2D eigenvalue weighted by atomic mass is 32.1. The summed E-state index contributed by atoms with van der Waals surface area (Å²) in [6, 6.07) is 19.0. The van der Waals surface area contributed by atoms with Crippen LogP contribution in [0.3, 0.4) is 0 Å². The van der Waals surface area contributed by atoms with E-state index in [2.05, 4.69) is 18.3 Å². The highest BCUT2D eigenvalue weighted by molar-refractivity contribution is 7.80.